The van der Waals surface area contributed by atoms with Crippen molar-refractivity contribution in [1.29, 1.82) is 0 Å². The average molecular weight is 399 g/mol. The van der Waals surface area contributed by atoms with E-state index in [1.54, 1.807) is 6.92 Å². The summed E-state index contributed by atoms with van der Waals surface area (Å²) in [6, 6.07) is 14.8. The van der Waals surface area contributed by atoms with Gasteiger partial charge in [-0.1, -0.05) is 18.2 Å². The van der Waals surface area contributed by atoms with Crippen molar-refractivity contribution in [3.05, 3.63) is 66.0 Å². The van der Waals surface area contributed by atoms with Crippen LogP contribution in [0.5, 0.6) is 5.75 Å². The molecule has 0 spiro atoms. The van der Waals surface area contributed by atoms with E-state index < -0.39 is 6.10 Å². The average Bonchev–Trinajstić information content (AvgIpc) is 2.75. The van der Waals surface area contributed by atoms with Crippen molar-refractivity contribution in [2.75, 3.05) is 39.3 Å². The third kappa shape index (κ3) is 6.02. The van der Waals surface area contributed by atoms with E-state index in [-0.39, 0.29) is 17.6 Å². The predicted octanol–water partition coefficient (Wildman–Crippen LogP) is 2.17. The van der Waals surface area contributed by atoms with Crippen LogP contribution >= 0.6 is 0 Å². The minimum absolute atomic E-state index is 0.0156. The first-order chi connectivity index (χ1) is 14.0. The number of carbonyl (C=O) groups excluding carboxylic acids is 2. The smallest absolute Gasteiger partial charge is 0.263 e. The molecule has 0 aliphatic carbocycles. The van der Waals surface area contributed by atoms with Crippen LogP contribution in [0.3, 0.4) is 0 Å². The third-order valence-corrected chi connectivity index (χ3v) is 4.91. The summed E-state index contributed by atoms with van der Waals surface area (Å²) in [7, 11) is 0. The second kappa shape index (κ2) is 10.0. The molecule has 7 heteroatoms. The molecule has 2 aromatic rings. The molecule has 2 amide bonds. The fourth-order valence-corrected chi connectivity index (χ4v) is 3.23. The highest BCUT2D eigenvalue weighted by Crippen LogP contribution is 2.13. The van der Waals surface area contributed by atoms with Crippen molar-refractivity contribution in [2.24, 2.45) is 0 Å². The Labute approximate surface area is 170 Å². The maximum Gasteiger partial charge on any atom is 0.263 e. The Hall–Kier alpha value is -2.93. The number of nitrogens with one attached hydrogen (secondary N) is 1. The Morgan fingerprint density at radius 1 is 1.03 bits per heavy atom. The Kier molecular flexibility index (Phi) is 7.19. The summed E-state index contributed by atoms with van der Waals surface area (Å²) in [5.41, 5.74) is 0.439. The molecule has 1 saturated heterocycles. The van der Waals surface area contributed by atoms with E-state index >= 15 is 0 Å². The minimum Gasteiger partial charge on any atom is -0.481 e. The van der Waals surface area contributed by atoms with Gasteiger partial charge in [0.15, 0.2) is 6.10 Å². The molecule has 1 unspecified atom stereocenters. The van der Waals surface area contributed by atoms with Crippen LogP contribution in [0.1, 0.15) is 17.3 Å². The maximum absolute atomic E-state index is 12.9. The molecule has 1 aliphatic heterocycles. The zero-order valence-corrected chi connectivity index (χ0v) is 16.5. The number of amides is 2. The fraction of sp³-hybridized carbons (Fsp3) is 0.364. The van der Waals surface area contributed by atoms with Gasteiger partial charge in [-0.3, -0.25) is 14.5 Å². The van der Waals surface area contributed by atoms with Crippen molar-refractivity contribution in [2.45, 2.75) is 13.0 Å². The molecule has 0 saturated carbocycles. The Morgan fingerprint density at radius 2 is 1.69 bits per heavy atom. The van der Waals surface area contributed by atoms with Gasteiger partial charge in [0.25, 0.3) is 11.8 Å². The van der Waals surface area contributed by atoms with Gasteiger partial charge in [-0.05, 0) is 43.3 Å². The van der Waals surface area contributed by atoms with Crippen LogP contribution in [0.25, 0.3) is 0 Å². The second-order valence-electron chi connectivity index (χ2n) is 7.00. The highest BCUT2D eigenvalue weighted by atomic mass is 19.1. The summed E-state index contributed by atoms with van der Waals surface area (Å²) in [5.74, 6) is 0.0881. The first-order valence-electron chi connectivity index (χ1n) is 9.79. The molecule has 0 radical (unpaired) electrons. The van der Waals surface area contributed by atoms with Gasteiger partial charge >= 0.3 is 0 Å². The first kappa shape index (κ1) is 20.8. The van der Waals surface area contributed by atoms with E-state index in [0.717, 1.165) is 13.1 Å². The molecule has 1 atom stereocenters. The number of ether oxygens (including phenoxy) is 1. The maximum atomic E-state index is 12.9. The van der Waals surface area contributed by atoms with Crippen LogP contribution < -0.4 is 10.1 Å². The lowest BCUT2D eigenvalue weighted by Crippen LogP contribution is -2.52. The summed E-state index contributed by atoms with van der Waals surface area (Å²) >= 11 is 0. The van der Waals surface area contributed by atoms with Crippen molar-refractivity contribution in [1.82, 2.24) is 15.1 Å². The molecule has 1 aliphatic rings. The van der Waals surface area contributed by atoms with E-state index in [2.05, 4.69) is 10.2 Å². The zero-order chi connectivity index (χ0) is 20.6. The number of carbonyl (C=O) groups is 2. The Balaban J connectivity index is 1.37. The van der Waals surface area contributed by atoms with Gasteiger partial charge in [0.05, 0.1) is 0 Å². The minimum atomic E-state index is -0.529. The number of para-hydroxylation sites is 1. The topological polar surface area (TPSA) is 61.9 Å². The molecule has 6 nitrogen and oxygen atoms in total. The Morgan fingerprint density at radius 3 is 2.34 bits per heavy atom. The number of hydrogen-bond donors (Lipinski definition) is 1. The molecule has 29 heavy (non-hydrogen) atoms. The molecular weight excluding hydrogens is 373 g/mol. The normalized spacial score (nSPS) is 15.6. The van der Waals surface area contributed by atoms with E-state index in [9.17, 15) is 14.0 Å². The van der Waals surface area contributed by atoms with Crippen LogP contribution in [0.4, 0.5) is 4.39 Å². The van der Waals surface area contributed by atoms with Crippen LogP contribution in [-0.2, 0) is 4.79 Å². The van der Waals surface area contributed by atoms with Gasteiger partial charge in [-0.2, -0.15) is 0 Å². The van der Waals surface area contributed by atoms with E-state index in [1.807, 2.05) is 35.2 Å². The molecule has 1 heterocycles. The van der Waals surface area contributed by atoms with Crippen molar-refractivity contribution in [3.8, 4) is 5.75 Å². The molecular formula is C22H26FN3O3. The monoisotopic (exact) mass is 399 g/mol. The quantitative estimate of drug-likeness (QED) is 0.775. The summed E-state index contributed by atoms with van der Waals surface area (Å²) in [6.07, 6.45) is -0.529. The van der Waals surface area contributed by atoms with E-state index in [1.165, 1.54) is 24.3 Å². The number of halogens is 1. The van der Waals surface area contributed by atoms with Crippen molar-refractivity contribution >= 4 is 11.8 Å². The molecule has 154 valence electrons. The Bertz CT molecular complexity index is 806. The molecule has 1 N–H and O–H groups in total. The number of hydrogen-bond acceptors (Lipinski definition) is 4. The van der Waals surface area contributed by atoms with Gasteiger partial charge in [0.2, 0.25) is 0 Å². The van der Waals surface area contributed by atoms with Crippen LogP contribution in [0, 0.1) is 5.82 Å². The van der Waals surface area contributed by atoms with Crippen LogP contribution in [0.15, 0.2) is 54.6 Å². The summed E-state index contributed by atoms with van der Waals surface area (Å²) in [5, 5.41) is 2.84. The SMILES string of the molecule is CC(Oc1ccccc1)C(=O)N1CCN(CCNC(=O)c2ccc(F)cc2)CC1. The number of rotatable bonds is 7. The lowest BCUT2D eigenvalue weighted by atomic mass is 10.2. The van der Waals surface area contributed by atoms with Crippen LogP contribution in [0.2, 0.25) is 0 Å². The highest BCUT2D eigenvalue weighted by molar-refractivity contribution is 5.94. The van der Waals surface area contributed by atoms with Crippen LogP contribution in [-0.4, -0.2) is 67.0 Å². The molecule has 3 rings (SSSR count). The van der Waals surface area contributed by atoms with Gasteiger partial charge < -0.3 is 15.0 Å². The molecule has 1 fully saturated rings. The van der Waals surface area contributed by atoms with Gasteiger partial charge in [0.1, 0.15) is 11.6 Å². The number of benzene rings is 2. The first-order valence-corrected chi connectivity index (χ1v) is 9.79. The second-order valence-corrected chi connectivity index (χ2v) is 7.00. The standard InChI is InChI=1S/C22H26FN3O3/c1-17(29-20-5-3-2-4-6-20)22(28)26-15-13-25(14-16-26)12-11-24-21(27)18-7-9-19(23)10-8-18/h2-10,17H,11-16H2,1H3,(H,24,27). The summed E-state index contributed by atoms with van der Waals surface area (Å²) in [6.45, 7) is 5.72. The molecule has 0 aromatic heterocycles. The summed E-state index contributed by atoms with van der Waals surface area (Å²) in [4.78, 5) is 28.7. The van der Waals surface area contributed by atoms with E-state index in [4.69, 9.17) is 4.74 Å². The molecule has 0 bridgehead atoms. The number of nitrogens with zero attached hydrogens (tertiary/aromatic N) is 2. The van der Waals surface area contributed by atoms with Gasteiger partial charge in [0, 0.05) is 44.8 Å². The molecule has 2 aromatic carbocycles. The van der Waals surface area contributed by atoms with Gasteiger partial charge in [-0.25, -0.2) is 4.39 Å². The lowest BCUT2D eigenvalue weighted by Gasteiger charge is -2.35. The summed E-state index contributed by atoms with van der Waals surface area (Å²) < 4.78 is 18.6. The highest BCUT2D eigenvalue weighted by Gasteiger charge is 2.25. The number of piperazine rings is 1. The fourth-order valence-electron chi connectivity index (χ4n) is 3.23. The van der Waals surface area contributed by atoms with Crippen molar-refractivity contribution < 1.29 is 18.7 Å². The van der Waals surface area contributed by atoms with Gasteiger partial charge in [-0.15, -0.1) is 0 Å². The predicted molar refractivity (Wildman–Crippen MR) is 108 cm³/mol. The lowest BCUT2D eigenvalue weighted by molar-refractivity contribution is -0.139. The van der Waals surface area contributed by atoms with Crippen molar-refractivity contribution in [3.63, 3.8) is 0 Å². The van der Waals surface area contributed by atoms with E-state index in [0.29, 0.717) is 37.5 Å². The zero-order valence-electron chi connectivity index (χ0n) is 16.5. The third-order valence-electron chi connectivity index (χ3n) is 4.91. The largest absolute Gasteiger partial charge is 0.481 e.